The Kier molecular flexibility index (Phi) is 18.4. The van der Waals surface area contributed by atoms with Crippen molar-refractivity contribution in [3.05, 3.63) is 41.5 Å². The summed E-state index contributed by atoms with van der Waals surface area (Å²) in [6.07, 6.45) is 24.6. The molecule has 0 atom stereocenters. The third kappa shape index (κ3) is 12.8. The van der Waals surface area contributed by atoms with E-state index in [1.165, 1.54) is 96.3 Å². The monoisotopic (exact) mass is 677 g/mol. The van der Waals surface area contributed by atoms with Crippen LogP contribution >= 0.6 is 6.83 Å². The van der Waals surface area contributed by atoms with Crippen LogP contribution in [0.4, 0.5) is 0 Å². The van der Waals surface area contributed by atoms with Gasteiger partial charge in [0.15, 0.2) is 0 Å². The Morgan fingerprint density at radius 1 is 0.609 bits per heavy atom. The van der Waals surface area contributed by atoms with E-state index in [0.29, 0.717) is 4.90 Å². The zero-order valence-corrected chi connectivity index (χ0v) is 33.2. The minimum atomic E-state index is -4.03. The van der Waals surface area contributed by atoms with Gasteiger partial charge in [-0.1, -0.05) is 0 Å². The number of rotatable bonds is 26. The Morgan fingerprint density at radius 3 is 1.43 bits per heavy atom. The predicted octanol–water partition coefficient (Wildman–Crippen LogP) is 14.0. The van der Waals surface area contributed by atoms with Gasteiger partial charge < -0.3 is 0 Å². The van der Waals surface area contributed by atoms with Gasteiger partial charge in [0.2, 0.25) is 0 Å². The molecule has 0 radical (unpaired) electrons. The van der Waals surface area contributed by atoms with Crippen LogP contribution in [0.1, 0.15) is 187 Å². The zero-order chi connectivity index (χ0) is 34.1. The number of benzene rings is 2. The van der Waals surface area contributed by atoms with Crippen LogP contribution in [0, 0.1) is 0 Å². The second kappa shape index (κ2) is 20.5. The van der Waals surface area contributed by atoms with E-state index in [1.54, 1.807) is 0 Å². The fraction of sp³-hybridized carbons (Fsp3) is 0.756. The van der Waals surface area contributed by atoms with Crippen LogP contribution in [0.2, 0.25) is 0 Å². The summed E-state index contributed by atoms with van der Waals surface area (Å²) in [5.41, 5.74) is 2.09. The average molecular weight is 677 g/mol. The quantitative estimate of drug-likeness (QED) is 0.0736. The predicted molar refractivity (Wildman–Crippen MR) is 208 cm³/mol. The van der Waals surface area contributed by atoms with Crippen molar-refractivity contribution in [1.82, 2.24) is 0 Å². The average Bonchev–Trinajstić information content (AvgIpc) is 3.01. The SMILES string of the molecule is CCCCCCCCP(C)(CCCCCCCC)(CCCCCCCC)OS(=O)(=O)c1c(C(C)C)c(C(C)C)cc2ccccc12. The van der Waals surface area contributed by atoms with Gasteiger partial charge in [0.05, 0.1) is 0 Å². The summed E-state index contributed by atoms with van der Waals surface area (Å²) in [6.45, 7) is 14.7. The molecule has 0 N–H and O–H groups in total. The van der Waals surface area contributed by atoms with Crippen LogP contribution < -0.4 is 0 Å². The van der Waals surface area contributed by atoms with Crippen LogP contribution in [0.5, 0.6) is 0 Å². The normalized spacial score (nSPS) is 13.6. The van der Waals surface area contributed by atoms with Gasteiger partial charge in [-0.3, -0.25) is 0 Å². The molecule has 0 spiro atoms. The molecule has 0 saturated heterocycles. The Morgan fingerprint density at radius 2 is 1.02 bits per heavy atom. The van der Waals surface area contributed by atoms with Gasteiger partial charge in [-0.25, -0.2) is 0 Å². The Bertz CT molecular complexity index is 1210. The number of hydrogen-bond acceptors (Lipinski definition) is 3. The van der Waals surface area contributed by atoms with E-state index < -0.39 is 16.9 Å². The van der Waals surface area contributed by atoms with E-state index in [1.807, 2.05) is 18.2 Å². The maximum absolute atomic E-state index is 15.1. The minimum absolute atomic E-state index is 0.0777. The van der Waals surface area contributed by atoms with Crippen LogP contribution in [0.25, 0.3) is 10.8 Å². The molecular formula is C41H73O3PS. The molecule has 2 rings (SSSR count). The van der Waals surface area contributed by atoms with E-state index in [9.17, 15) is 0 Å². The first-order chi connectivity index (χ1) is 21.9. The summed E-state index contributed by atoms with van der Waals surface area (Å²) in [5, 5.41) is 1.82. The molecule has 0 saturated carbocycles. The van der Waals surface area contributed by atoms with Gasteiger partial charge in [-0.05, 0) is 0 Å². The number of fused-ring (bicyclic) bond motifs is 1. The van der Waals surface area contributed by atoms with Crippen LogP contribution in [-0.4, -0.2) is 33.6 Å². The van der Waals surface area contributed by atoms with E-state index >= 15 is 8.42 Å². The van der Waals surface area contributed by atoms with Crippen LogP contribution in [-0.2, 0) is 14.1 Å². The molecule has 0 unspecified atom stereocenters. The van der Waals surface area contributed by atoms with Crippen molar-refractivity contribution in [1.29, 1.82) is 0 Å². The molecule has 0 aliphatic carbocycles. The molecule has 0 aliphatic heterocycles. The second-order valence-electron chi connectivity index (χ2n) is 15.4. The zero-order valence-electron chi connectivity index (χ0n) is 31.5. The second-order valence-corrected chi connectivity index (χ2v) is 23.1. The molecule has 0 heterocycles. The summed E-state index contributed by atoms with van der Waals surface area (Å²) < 4.78 is 37.3. The Hall–Kier alpha value is -0.960. The molecule has 5 heteroatoms. The molecule has 0 aromatic heterocycles. The first-order valence-corrected chi connectivity index (χ1v) is 24.0. The topological polar surface area (TPSA) is 43.4 Å². The van der Waals surface area contributed by atoms with E-state index in [2.05, 4.69) is 67.3 Å². The van der Waals surface area contributed by atoms with Gasteiger partial charge in [-0.15, -0.1) is 0 Å². The third-order valence-corrected chi connectivity index (χ3v) is 18.6. The summed E-state index contributed by atoms with van der Waals surface area (Å²) in [6, 6.07) is 10.3. The third-order valence-electron chi connectivity index (χ3n) is 10.3. The van der Waals surface area contributed by atoms with E-state index in [4.69, 9.17) is 3.97 Å². The fourth-order valence-corrected chi connectivity index (χ4v) is 16.2. The summed E-state index contributed by atoms with van der Waals surface area (Å²) in [7, 11) is -4.03. The molecule has 0 aliphatic rings. The van der Waals surface area contributed by atoms with Gasteiger partial charge in [0, 0.05) is 0 Å². The molecular weight excluding hydrogens is 603 g/mol. The maximum atomic E-state index is 15.1. The summed E-state index contributed by atoms with van der Waals surface area (Å²) in [4.78, 5) is 0.453. The standard InChI is InChI=1S/C41H73O3PS/c1-9-12-15-18-21-26-31-45(8,32-27-22-19-16-13-10-2,33-28-23-20-17-14-11-3)44-46(42,43)41-38-30-25-24-29-37(38)34-39(35(4)5)40(41)36(6)7/h24-25,29-30,34-36H,9-23,26-28,31-33H2,1-8H3. The number of hydrogen-bond donors (Lipinski definition) is 0. The van der Waals surface area contributed by atoms with Crippen molar-refractivity contribution >= 4 is 27.7 Å². The van der Waals surface area contributed by atoms with E-state index in [-0.39, 0.29) is 11.8 Å². The molecule has 0 amide bonds. The van der Waals surface area contributed by atoms with Crippen molar-refractivity contribution in [3.8, 4) is 0 Å². The molecule has 0 fully saturated rings. The molecule has 266 valence electrons. The first-order valence-electron chi connectivity index (χ1n) is 19.4. The van der Waals surface area contributed by atoms with Crippen LogP contribution in [0.15, 0.2) is 35.2 Å². The van der Waals surface area contributed by atoms with E-state index in [0.717, 1.165) is 59.6 Å². The van der Waals surface area contributed by atoms with Gasteiger partial charge in [-0.2, -0.15) is 0 Å². The molecule has 2 aromatic carbocycles. The Labute approximate surface area is 286 Å². The summed E-state index contributed by atoms with van der Waals surface area (Å²) in [5.74, 6) is 0.302. The van der Waals surface area contributed by atoms with Crippen molar-refractivity contribution in [3.63, 3.8) is 0 Å². The summed E-state index contributed by atoms with van der Waals surface area (Å²) >= 11 is 0. The van der Waals surface area contributed by atoms with Crippen molar-refractivity contribution in [2.24, 2.45) is 0 Å². The van der Waals surface area contributed by atoms with Gasteiger partial charge >= 0.3 is 287 Å². The number of unbranched alkanes of at least 4 members (excludes halogenated alkanes) is 15. The van der Waals surface area contributed by atoms with Crippen molar-refractivity contribution < 1.29 is 12.4 Å². The van der Waals surface area contributed by atoms with Crippen molar-refractivity contribution in [2.75, 3.05) is 25.2 Å². The van der Waals surface area contributed by atoms with Gasteiger partial charge in [0.25, 0.3) is 0 Å². The molecule has 0 bridgehead atoms. The Balaban J connectivity index is 2.62. The first kappa shape index (κ1) is 41.2. The fourth-order valence-electron chi connectivity index (χ4n) is 7.50. The van der Waals surface area contributed by atoms with Crippen LogP contribution in [0.3, 0.4) is 0 Å². The van der Waals surface area contributed by atoms with Crippen molar-refractivity contribution in [2.45, 2.75) is 181 Å². The molecule has 46 heavy (non-hydrogen) atoms. The molecule has 2 aromatic rings. The van der Waals surface area contributed by atoms with Gasteiger partial charge in [0.1, 0.15) is 0 Å². The molecule has 3 nitrogen and oxygen atoms in total.